The number of nitrogens with zero attached hydrogens (tertiary/aromatic N) is 2. The van der Waals surface area contributed by atoms with Gasteiger partial charge in [0.1, 0.15) is 16.7 Å². The Morgan fingerprint density at radius 3 is 2.35 bits per heavy atom. The number of carbonyl (C=O) groups is 2. The summed E-state index contributed by atoms with van der Waals surface area (Å²) < 4.78 is 1.80. The van der Waals surface area contributed by atoms with Crippen LogP contribution >= 0.6 is 43.6 Å². The van der Waals surface area contributed by atoms with E-state index in [9.17, 15) is 14.9 Å². The number of hydrogen-bond donors (Lipinski definition) is 1. The Bertz CT molecular complexity index is 1290. The number of benzene rings is 3. The SMILES string of the molecule is N#C/C(C(=O)NCc1ccccc1)=C1/S[C@@H](Cc2cccc(Br)c2)C(=O)N1c1ccc(Br)cc1. The maximum atomic E-state index is 13.5. The number of amides is 2. The van der Waals surface area contributed by atoms with Crippen LogP contribution in [0.25, 0.3) is 0 Å². The van der Waals surface area contributed by atoms with Crippen LogP contribution in [-0.2, 0) is 22.6 Å². The van der Waals surface area contributed by atoms with E-state index in [1.54, 1.807) is 12.1 Å². The molecule has 1 atom stereocenters. The standard InChI is InChI=1S/C26H19Br2N3O2S/c27-19-9-11-21(12-10-19)31-25(33)23(14-18-7-4-8-20(28)13-18)34-26(31)22(15-29)24(32)30-16-17-5-2-1-3-6-17/h1-13,23H,14,16H2,(H,30,32)/b26-22-/t23-/m0/s1. The molecule has 1 aliphatic rings. The van der Waals surface area contributed by atoms with Crippen LogP contribution in [0.15, 0.2) is 98.4 Å². The lowest BCUT2D eigenvalue weighted by Crippen LogP contribution is -2.32. The molecule has 0 aliphatic carbocycles. The van der Waals surface area contributed by atoms with E-state index >= 15 is 0 Å². The molecule has 1 fully saturated rings. The number of rotatable bonds is 6. The average Bonchev–Trinajstić information content (AvgIpc) is 3.15. The van der Waals surface area contributed by atoms with Crippen LogP contribution in [0.5, 0.6) is 0 Å². The van der Waals surface area contributed by atoms with Gasteiger partial charge in [-0.05, 0) is 53.9 Å². The Kier molecular flexibility index (Phi) is 7.88. The molecule has 4 rings (SSSR count). The zero-order valence-electron chi connectivity index (χ0n) is 17.9. The molecule has 1 N–H and O–H groups in total. The molecule has 5 nitrogen and oxygen atoms in total. The molecule has 170 valence electrons. The zero-order valence-corrected chi connectivity index (χ0v) is 21.9. The van der Waals surface area contributed by atoms with Crippen molar-refractivity contribution < 1.29 is 9.59 Å². The molecule has 8 heteroatoms. The molecule has 0 spiro atoms. The van der Waals surface area contributed by atoms with Gasteiger partial charge in [-0.25, -0.2) is 0 Å². The highest BCUT2D eigenvalue weighted by Crippen LogP contribution is 2.42. The second kappa shape index (κ2) is 11.0. The summed E-state index contributed by atoms with van der Waals surface area (Å²) in [5.41, 5.74) is 2.44. The fraction of sp³-hybridized carbons (Fsp3) is 0.115. The van der Waals surface area contributed by atoms with E-state index in [0.717, 1.165) is 20.1 Å². The number of carbonyl (C=O) groups excluding carboxylic acids is 2. The van der Waals surface area contributed by atoms with Crippen LogP contribution in [-0.4, -0.2) is 17.1 Å². The van der Waals surface area contributed by atoms with E-state index in [0.29, 0.717) is 17.1 Å². The number of nitriles is 1. The predicted molar refractivity (Wildman–Crippen MR) is 142 cm³/mol. The molecule has 3 aromatic carbocycles. The normalized spacial score (nSPS) is 16.8. The van der Waals surface area contributed by atoms with Crippen LogP contribution in [0.1, 0.15) is 11.1 Å². The topological polar surface area (TPSA) is 73.2 Å². The van der Waals surface area contributed by atoms with Crippen molar-refractivity contribution in [3.05, 3.63) is 110 Å². The number of anilines is 1. The third-order valence-electron chi connectivity index (χ3n) is 5.20. The van der Waals surface area contributed by atoms with E-state index in [1.807, 2.05) is 72.8 Å². The van der Waals surface area contributed by atoms with E-state index in [-0.39, 0.29) is 18.0 Å². The molecule has 0 unspecified atom stereocenters. The minimum atomic E-state index is -0.508. The first kappa shape index (κ1) is 24.3. The van der Waals surface area contributed by atoms with Crippen molar-refractivity contribution in [3.8, 4) is 6.07 Å². The zero-order chi connectivity index (χ0) is 24.1. The number of halogens is 2. The van der Waals surface area contributed by atoms with Gasteiger partial charge in [-0.3, -0.25) is 14.5 Å². The van der Waals surface area contributed by atoms with Crippen molar-refractivity contribution in [1.29, 1.82) is 5.26 Å². The monoisotopic (exact) mass is 595 g/mol. The molecule has 2 amide bonds. The highest BCUT2D eigenvalue weighted by molar-refractivity contribution is 9.10. The minimum absolute atomic E-state index is 0.0751. The van der Waals surface area contributed by atoms with Gasteiger partial charge in [-0.1, -0.05) is 86.1 Å². The predicted octanol–water partition coefficient (Wildman–Crippen LogP) is 5.95. The molecular weight excluding hydrogens is 578 g/mol. The first-order chi connectivity index (χ1) is 16.5. The summed E-state index contributed by atoms with van der Waals surface area (Å²) in [6.07, 6.45) is 0.476. The van der Waals surface area contributed by atoms with Crippen LogP contribution in [0, 0.1) is 11.3 Å². The lowest BCUT2D eigenvalue weighted by molar-refractivity contribution is -0.117. The maximum Gasteiger partial charge on any atom is 0.264 e. The van der Waals surface area contributed by atoms with Crippen LogP contribution in [0.3, 0.4) is 0 Å². The van der Waals surface area contributed by atoms with Crippen molar-refractivity contribution in [2.24, 2.45) is 0 Å². The van der Waals surface area contributed by atoms with Gasteiger partial charge in [-0.2, -0.15) is 5.26 Å². The highest BCUT2D eigenvalue weighted by atomic mass is 79.9. The van der Waals surface area contributed by atoms with E-state index in [1.165, 1.54) is 16.7 Å². The van der Waals surface area contributed by atoms with E-state index in [2.05, 4.69) is 37.2 Å². The summed E-state index contributed by atoms with van der Waals surface area (Å²) in [5.74, 6) is -0.669. The summed E-state index contributed by atoms with van der Waals surface area (Å²) in [6, 6.07) is 26.5. The number of thioether (sulfide) groups is 1. The van der Waals surface area contributed by atoms with Crippen molar-refractivity contribution in [2.75, 3.05) is 4.90 Å². The molecule has 1 saturated heterocycles. The molecule has 1 aliphatic heterocycles. The first-order valence-electron chi connectivity index (χ1n) is 10.4. The fourth-order valence-electron chi connectivity index (χ4n) is 3.56. The first-order valence-corrected chi connectivity index (χ1v) is 12.9. The van der Waals surface area contributed by atoms with Gasteiger partial charge >= 0.3 is 0 Å². The summed E-state index contributed by atoms with van der Waals surface area (Å²) in [4.78, 5) is 28.0. The van der Waals surface area contributed by atoms with Crippen LogP contribution in [0.4, 0.5) is 5.69 Å². The molecule has 34 heavy (non-hydrogen) atoms. The van der Waals surface area contributed by atoms with Crippen molar-refractivity contribution in [3.63, 3.8) is 0 Å². The Balaban J connectivity index is 1.67. The molecule has 1 heterocycles. The van der Waals surface area contributed by atoms with E-state index in [4.69, 9.17) is 0 Å². The van der Waals surface area contributed by atoms with Gasteiger partial charge in [0.15, 0.2) is 0 Å². The Morgan fingerprint density at radius 2 is 1.68 bits per heavy atom. The van der Waals surface area contributed by atoms with Gasteiger partial charge in [0.25, 0.3) is 5.91 Å². The summed E-state index contributed by atoms with van der Waals surface area (Å²) in [7, 11) is 0. The highest BCUT2D eigenvalue weighted by Gasteiger charge is 2.40. The summed E-state index contributed by atoms with van der Waals surface area (Å²) in [6.45, 7) is 0.288. The lowest BCUT2D eigenvalue weighted by Gasteiger charge is -2.19. The minimum Gasteiger partial charge on any atom is -0.347 e. The Labute approximate surface area is 219 Å². The maximum absolute atomic E-state index is 13.5. The largest absolute Gasteiger partial charge is 0.347 e. The van der Waals surface area contributed by atoms with Crippen molar-refractivity contribution in [2.45, 2.75) is 18.2 Å². The molecular formula is C26H19Br2N3O2S. The molecule has 0 radical (unpaired) electrons. The lowest BCUT2D eigenvalue weighted by atomic mass is 10.1. The number of nitrogens with one attached hydrogen (secondary N) is 1. The summed E-state index contributed by atoms with van der Waals surface area (Å²) >= 11 is 8.14. The van der Waals surface area contributed by atoms with Crippen molar-refractivity contribution in [1.82, 2.24) is 5.32 Å². The third kappa shape index (κ3) is 5.61. The Morgan fingerprint density at radius 1 is 0.971 bits per heavy atom. The van der Waals surface area contributed by atoms with E-state index < -0.39 is 11.2 Å². The smallest absolute Gasteiger partial charge is 0.264 e. The molecule has 0 bridgehead atoms. The number of hydrogen-bond acceptors (Lipinski definition) is 4. The van der Waals surface area contributed by atoms with Gasteiger partial charge < -0.3 is 5.32 Å². The Hall–Kier alpha value is -2.86. The molecule has 3 aromatic rings. The van der Waals surface area contributed by atoms with Crippen molar-refractivity contribution >= 4 is 61.1 Å². The van der Waals surface area contributed by atoms with Crippen LogP contribution < -0.4 is 10.2 Å². The average molecular weight is 597 g/mol. The summed E-state index contributed by atoms with van der Waals surface area (Å²) in [5, 5.41) is 12.6. The van der Waals surface area contributed by atoms with Gasteiger partial charge in [0.2, 0.25) is 5.91 Å². The van der Waals surface area contributed by atoms with Gasteiger partial charge in [-0.15, -0.1) is 0 Å². The fourth-order valence-corrected chi connectivity index (χ4v) is 5.58. The molecule has 0 aromatic heterocycles. The van der Waals surface area contributed by atoms with Gasteiger partial charge in [0, 0.05) is 21.2 Å². The van der Waals surface area contributed by atoms with Crippen LogP contribution in [0.2, 0.25) is 0 Å². The molecule has 0 saturated carbocycles. The third-order valence-corrected chi connectivity index (χ3v) is 7.48. The van der Waals surface area contributed by atoms with Gasteiger partial charge in [0.05, 0.1) is 5.25 Å². The second-order valence-corrected chi connectivity index (χ2v) is 10.6. The second-order valence-electron chi connectivity index (χ2n) is 7.55. The quantitative estimate of drug-likeness (QED) is 0.282.